The highest BCUT2D eigenvalue weighted by molar-refractivity contribution is 5.83. The molecule has 1 saturated heterocycles. The lowest BCUT2D eigenvalue weighted by atomic mass is 10.1. The summed E-state index contributed by atoms with van der Waals surface area (Å²) >= 11 is 0. The van der Waals surface area contributed by atoms with Crippen molar-refractivity contribution in [3.8, 4) is 0 Å². The molecule has 7 heteroatoms. The van der Waals surface area contributed by atoms with E-state index in [-0.39, 0.29) is 11.6 Å². The van der Waals surface area contributed by atoms with E-state index >= 15 is 0 Å². The molecule has 3 aromatic heterocycles. The Hall–Kier alpha value is -3.22. The molecule has 1 aromatic carbocycles. The molecule has 4 aromatic rings. The quantitative estimate of drug-likeness (QED) is 0.616. The van der Waals surface area contributed by atoms with E-state index in [1.807, 2.05) is 41.1 Å². The molecule has 4 heterocycles. The summed E-state index contributed by atoms with van der Waals surface area (Å²) in [5.74, 6) is 0.840. The number of pyridine rings is 1. The number of hydrogen-bond acceptors (Lipinski definition) is 5. The molecule has 0 aliphatic carbocycles. The van der Waals surface area contributed by atoms with Gasteiger partial charge in [-0.25, -0.2) is 15.0 Å². The fourth-order valence-electron chi connectivity index (χ4n) is 3.87. The molecule has 0 saturated carbocycles. The van der Waals surface area contributed by atoms with Crippen LogP contribution in [0.2, 0.25) is 0 Å². The number of hydrogen-bond donors (Lipinski definition) is 1. The molecule has 0 bridgehead atoms. The number of anilines is 1. The summed E-state index contributed by atoms with van der Waals surface area (Å²) in [6, 6.07) is 9.94. The normalized spacial score (nSPS) is 17.4. The van der Waals surface area contributed by atoms with Crippen LogP contribution in [0, 0.1) is 0 Å². The maximum absolute atomic E-state index is 12.8. The fraction of sp³-hybridized carbons (Fsp3) is 0.263. The van der Waals surface area contributed by atoms with Crippen molar-refractivity contribution in [1.82, 2.24) is 24.5 Å². The summed E-state index contributed by atoms with van der Waals surface area (Å²) in [6.45, 7) is 1.55. The molecule has 1 atom stereocenters. The zero-order valence-electron chi connectivity index (χ0n) is 14.2. The third-order valence-corrected chi connectivity index (χ3v) is 5.14. The zero-order valence-corrected chi connectivity index (χ0v) is 14.2. The van der Waals surface area contributed by atoms with E-state index in [2.05, 4.69) is 24.8 Å². The monoisotopic (exact) mass is 346 g/mol. The number of imidazole rings is 1. The maximum Gasteiger partial charge on any atom is 0.258 e. The van der Waals surface area contributed by atoms with Gasteiger partial charge >= 0.3 is 0 Å². The maximum atomic E-state index is 12.8. The van der Waals surface area contributed by atoms with Crippen LogP contribution in [0.4, 0.5) is 5.82 Å². The van der Waals surface area contributed by atoms with Crippen LogP contribution in [0.25, 0.3) is 21.9 Å². The lowest BCUT2D eigenvalue weighted by molar-refractivity contribution is 0.538. The second-order valence-electron chi connectivity index (χ2n) is 6.65. The number of aromatic nitrogens is 5. The van der Waals surface area contributed by atoms with Crippen LogP contribution in [0.5, 0.6) is 0 Å². The third kappa shape index (κ3) is 2.35. The highest BCUT2D eigenvalue weighted by atomic mass is 16.1. The lowest BCUT2D eigenvalue weighted by Gasteiger charge is -2.26. The van der Waals surface area contributed by atoms with E-state index < -0.39 is 0 Å². The SMILES string of the molecule is O=c1c2ccccc2ccn1C[C@H]1CCCN1c1ncnc2[nH]cnc12. The largest absolute Gasteiger partial charge is 0.350 e. The molecule has 0 amide bonds. The van der Waals surface area contributed by atoms with Gasteiger partial charge in [-0.1, -0.05) is 18.2 Å². The van der Waals surface area contributed by atoms with Crippen molar-refractivity contribution in [1.29, 1.82) is 0 Å². The van der Waals surface area contributed by atoms with E-state index in [1.54, 1.807) is 12.7 Å². The molecule has 130 valence electrons. The van der Waals surface area contributed by atoms with Crippen LogP contribution in [0.3, 0.4) is 0 Å². The van der Waals surface area contributed by atoms with Gasteiger partial charge in [0.05, 0.1) is 6.33 Å². The van der Waals surface area contributed by atoms with E-state index in [9.17, 15) is 4.79 Å². The number of rotatable bonds is 3. The number of benzene rings is 1. The molecule has 1 aliphatic rings. The van der Waals surface area contributed by atoms with Crippen LogP contribution in [-0.4, -0.2) is 37.1 Å². The number of nitrogens with one attached hydrogen (secondary N) is 1. The summed E-state index contributed by atoms with van der Waals surface area (Å²) in [6.07, 6.45) is 7.19. The fourth-order valence-corrected chi connectivity index (χ4v) is 3.87. The average Bonchev–Trinajstić information content (AvgIpc) is 3.33. The second kappa shape index (κ2) is 5.94. The standard InChI is InChI=1S/C19H18N6O/c26-19-15-6-2-1-4-13(15)7-9-24(19)10-14-5-3-8-25(14)18-16-17(21-11-20-16)22-12-23-18/h1-2,4,6-7,9,11-12,14H,3,5,8,10H2,(H,20,21,22,23)/t14-/m1/s1. The van der Waals surface area contributed by atoms with Crippen LogP contribution < -0.4 is 10.5 Å². The van der Waals surface area contributed by atoms with Crippen molar-refractivity contribution < 1.29 is 0 Å². The number of fused-ring (bicyclic) bond motifs is 2. The Morgan fingerprint density at radius 1 is 1.15 bits per heavy atom. The van der Waals surface area contributed by atoms with Crippen LogP contribution in [0.1, 0.15) is 12.8 Å². The number of aromatic amines is 1. The minimum Gasteiger partial charge on any atom is -0.350 e. The molecule has 0 unspecified atom stereocenters. The Labute approximate surface area is 149 Å². The molecule has 0 spiro atoms. The predicted octanol–water partition coefficient (Wildman–Crippen LogP) is 2.34. The zero-order chi connectivity index (χ0) is 17.5. The Morgan fingerprint density at radius 2 is 2.08 bits per heavy atom. The van der Waals surface area contributed by atoms with Crippen molar-refractivity contribution in [3.05, 3.63) is 59.5 Å². The van der Waals surface area contributed by atoms with Crippen molar-refractivity contribution >= 4 is 27.8 Å². The summed E-state index contributed by atoms with van der Waals surface area (Å²) in [4.78, 5) is 31.2. The van der Waals surface area contributed by atoms with E-state index in [4.69, 9.17) is 0 Å². The van der Waals surface area contributed by atoms with Gasteiger partial charge in [-0.05, 0) is 30.4 Å². The smallest absolute Gasteiger partial charge is 0.258 e. The Kier molecular flexibility index (Phi) is 3.44. The van der Waals surface area contributed by atoms with Gasteiger partial charge in [0.15, 0.2) is 11.5 Å². The van der Waals surface area contributed by atoms with Gasteiger partial charge in [-0.2, -0.15) is 0 Å². The van der Waals surface area contributed by atoms with E-state index in [1.165, 1.54) is 0 Å². The van der Waals surface area contributed by atoms with E-state index in [0.29, 0.717) is 6.54 Å². The molecule has 0 radical (unpaired) electrons. The lowest BCUT2D eigenvalue weighted by Crippen LogP contribution is -2.36. The van der Waals surface area contributed by atoms with Gasteiger partial charge in [-0.3, -0.25) is 4.79 Å². The van der Waals surface area contributed by atoms with E-state index in [0.717, 1.165) is 47.1 Å². The highest BCUT2D eigenvalue weighted by Crippen LogP contribution is 2.28. The second-order valence-corrected chi connectivity index (χ2v) is 6.65. The van der Waals surface area contributed by atoms with Gasteiger partial charge in [0.2, 0.25) is 0 Å². The first kappa shape index (κ1) is 15.1. The topological polar surface area (TPSA) is 79.7 Å². The summed E-state index contributed by atoms with van der Waals surface area (Å²) in [5.41, 5.74) is 1.58. The van der Waals surface area contributed by atoms with Crippen molar-refractivity contribution in [2.75, 3.05) is 11.4 Å². The first-order chi connectivity index (χ1) is 12.8. The Balaban J connectivity index is 1.51. The average molecular weight is 346 g/mol. The highest BCUT2D eigenvalue weighted by Gasteiger charge is 2.28. The minimum absolute atomic E-state index is 0.0579. The van der Waals surface area contributed by atoms with Crippen LogP contribution in [-0.2, 0) is 6.54 Å². The first-order valence-electron chi connectivity index (χ1n) is 8.80. The summed E-state index contributed by atoms with van der Waals surface area (Å²) < 4.78 is 1.81. The summed E-state index contributed by atoms with van der Waals surface area (Å²) in [7, 11) is 0. The number of H-pyrrole nitrogens is 1. The summed E-state index contributed by atoms with van der Waals surface area (Å²) in [5, 5.41) is 1.74. The van der Waals surface area contributed by atoms with Crippen molar-refractivity contribution in [3.63, 3.8) is 0 Å². The Bertz CT molecular complexity index is 1150. The van der Waals surface area contributed by atoms with Gasteiger partial charge < -0.3 is 14.5 Å². The molecule has 5 rings (SSSR count). The van der Waals surface area contributed by atoms with Crippen LogP contribution >= 0.6 is 0 Å². The van der Waals surface area contributed by atoms with Gasteiger partial charge in [0.1, 0.15) is 11.8 Å². The van der Waals surface area contributed by atoms with Gasteiger partial charge in [0, 0.05) is 30.7 Å². The van der Waals surface area contributed by atoms with Crippen LogP contribution in [0.15, 0.2) is 54.0 Å². The first-order valence-corrected chi connectivity index (χ1v) is 8.80. The Morgan fingerprint density at radius 3 is 3.04 bits per heavy atom. The minimum atomic E-state index is 0.0579. The third-order valence-electron chi connectivity index (χ3n) is 5.14. The molecule has 1 fully saturated rings. The molecular weight excluding hydrogens is 328 g/mol. The molecular formula is C19H18N6O. The molecule has 7 nitrogen and oxygen atoms in total. The predicted molar refractivity (Wildman–Crippen MR) is 100 cm³/mol. The molecule has 1 N–H and O–H groups in total. The van der Waals surface area contributed by atoms with Gasteiger partial charge in [-0.15, -0.1) is 0 Å². The van der Waals surface area contributed by atoms with Crippen molar-refractivity contribution in [2.45, 2.75) is 25.4 Å². The molecule has 26 heavy (non-hydrogen) atoms. The van der Waals surface area contributed by atoms with Gasteiger partial charge in [0.25, 0.3) is 5.56 Å². The molecule has 1 aliphatic heterocycles. The van der Waals surface area contributed by atoms with Crippen molar-refractivity contribution in [2.24, 2.45) is 0 Å². The number of nitrogens with zero attached hydrogens (tertiary/aromatic N) is 5.